The van der Waals surface area contributed by atoms with Crippen LogP contribution in [0.2, 0.25) is 0 Å². The molecule has 0 amide bonds. The van der Waals surface area contributed by atoms with Gasteiger partial charge in [0, 0.05) is 39.5 Å². The van der Waals surface area contributed by atoms with Gasteiger partial charge in [-0.3, -0.25) is 4.57 Å². The van der Waals surface area contributed by atoms with Crippen LogP contribution >= 0.6 is 0 Å². The average Bonchev–Trinajstić information content (AvgIpc) is 3.77. The summed E-state index contributed by atoms with van der Waals surface area (Å²) in [6.45, 7) is 6.13. The van der Waals surface area contributed by atoms with Gasteiger partial charge in [0.1, 0.15) is 5.82 Å². The smallest absolute Gasteiger partial charge is 0.116 e. The van der Waals surface area contributed by atoms with E-state index in [-0.39, 0.29) is 0 Å². The van der Waals surface area contributed by atoms with Gasteiger partial charge in [0.15, 0.2) is 0 Å². The standard InChI is InChI=1S/C41H35N3/c1-3-5-18-36-37-27-30(23-26-39(37)44(41(36)42)32(13-4-2)24-21-29-14-7-6-8-15-29)31-22-25-35-34-19-11-12-20-38(34)43(40(35)28-31)33-16-9-10-17-33/h4-16,18-28H,2-3,17,42H2,1H3/b18-5-,24-21?,32-13+. The molecule has 0 radical (unpaired) electrons. The lowest BCUT2D eigenvalue weighted by Crippen LogP contribution is -2.01. The minimum Gasteiger partial charge on any atom is -0.384 e. The van der Waals surface area contributed by atoms with Crippen molar-refractivity contribution in [3.8, 4) is 11.1 Å². The highest BCUT2D eigenvalue weighted by Crippen LogP contribution is 2.39. The number of nitrogens with zero attached hydrogens (tertiary/aromatic N) is 2. The van der Waals surface area contributed by atoms with Gasteiger partial charge < -0.3 is 10.3 Å². The molecule has 3 nitrogen and oxygen atoms in total. The summed E-state index contributed by atoms with van der Waals surface area (Å²) in [6.07, 6.45) is 20.8. The van der Waals surface area contributed by atoms with Crippen LogP contribution in [0.4, 0.5) is 5.82 Å². The van der Waals surface area contributed by atoms with E-state index in [0.717, 1.165) is 46.1 Å². The predicted octanol–water partition coefficient (Wildman–Crippen LogP) is 11.0. The maximum atomic E-state index is 6.94. The van der Waals surface area contributed by atoms with E-state index in [1.54, 1.807) is 0 Å². The summed E-state index contributed by atoms with van der Waals surface area (Å²) in [5.41, 5.74) is 17.2. The van der Waals surface area contributed by atoms with Gasteiger partial charge in [0.25, 0.3) is 0 Å². The third-order valence-corrected chi connectivity index (χ3v) is 8.40. The highest BCUT2D eigenvalue weighted by molar-refractivity contribution is 6.11. The lowest BCUT2D eigenvalue weighted by Gasteiger charge is -2.11. The molecule has 0 aliphatic heterocycles. The maximum absolute atomic E-state index is 6.94. The van der Waals surface area contributed by atoms with E-state index in [9.17, 15) is 0 Å². The fourth-order valence-corrected chi connectivity index (χ4v) is 6.34. The Morgan fingerprint density at radius 1 is 0.818 bits per heavy atom. The zero-order valence-electron chi connectivity index (χ0n) is 24.9. The molecule has 0 saturated carbocycles. The largest absolute Gasteiger partial charge is 0.384 e. The molecule has 0 spiro atoms. The number of nitrogen functional groups attached to an aromatic ring is 1. The number of anilines is 1. The molecule has 2 aromatic heterocycles. The number of nitrogens with two attached hydrogens (primary N) is 1. The summed E-state index contributed by atoms with van der Waals surface area (Å²) in [7, 11) is 0. The molecule has 6 aromatic rings. The van der Waals surface area contributed by atoms with E-state index in [0.29, 0.717) is 5.82 Å². The molecule has 7 rings (SSSR count). The Morgan fingerprint density at radius 2 is 1.59 bits per heavy atom. The third kappa shape index (κ3) is 4.73. The van der Waals surface area contributed by atoms with Gasteiger partial charge in [-0.25, -0.2) is 0 Å². The van der Waals surface area contributed by atoms with E-state index in [2.05, 4.69) is 138 Å². The summed E-state index contributed by atoms with van der Waals surface area (Å²) < 4.78 is 4.55. The van der Waals surface area contributed by atoms with Gasteiger partial charge in [-0.1, -0.05) is 117 Å². The molecule has 214 valence electrons. The van der Waals surface area contributed by atoms with E-state index < -0.39 is 0 Å². The number of aromatic nitrogens is 2. The topological polar surface area (TPSA) is 35.9 Å². The van der Waals surface area contributed by atoms with Gasteiger partial charge in [-0.05, 0) is 65.6 Å². The molecule has 0 unspecified atom stereocenters. The van der Waals surface area contributed by atoms with Crippen LogP contribution in [0.1, 0.15) is 30.9 Å². The number of rotatable bonds is 8. The molecule has 0 atom stereocenters. The van der Waals surface area contributed by atoms with E-state index in [1.807, 2.05) is 30.4 Å². The second-order valence-corrected chi connectivity index (χ2v) is 11.1. The van der Waals surface area contributed by atoms with Crippen LogP contribution in [0.3, 0.4) is 0 Å². The molecular weight excluding hydrogens is 534 g/mol. The number of fused-ring (bicyclic) bond motifs is 4. The zero-order chi connectivity index (χ0) is 30.0. The summed E-state index contributed by atoms with van der Waals surface area (Å²) >= 11 is 0. The van der Waals surface area contributed by atoms with Crippen LogP contribution in [-0.4, -0.2) is 9.13 Å². The van der Waals surface area contributed by atoms with E-state index >= 15 is 0 Å². The van der Waals surface area contributed by atoms with Crippen molar-refractivity contribution in [1.82, 2.24) is 9.13 Å². The number of para-hydroxylation sites is 1. The second kappa shape index (κ2) is 11.6. The van der Waals surface area contributed by atoms with Crippen LogP contribution < -0.4 is 5.73 Å². The number of allylic oxidation sites excluding steroid dienone is 9. The van der Waals surface area contributed by atoms with Crippen molar-refractivity contribution in [2.75, 3.05) is 5.73 Å². The highest BCUT2D eigenvalue weighted by atomic mass is 15.1. The van der Waals surface area contributed by atoms with Gasteiger partial charge in [0.05, 0.1) is 16.6 Å². The van der Waals surface area contributed by atoms with Crippen molar-refractivity contribution in [2.24, 2.45) is 0 Å². The fourth-order valence-electron chi connectivity index (χ4n) is 6.34. The predicted molar refractivity (Wildman–Crippen MR) is 192 cm³/mol. The summed E-state index contributed by atoms with van der Waals surface area (Å²) in [6, 6.07) is 32.5. The van der Waals surface area contributed by atoms with Crippen LogP contribution in [0.5, 0.6) is 0 Å². The fraction of sp³-hybridized carbons (Fsp3) is 0.0732. The van der Waals surface area contributed by atoms with Crippen LogP contribution in [-0.2, 0) is 0 Å². The van der Waals surface area contributed by atoms with E-state index in [1.165, 1.54) is 33.1 Å². The Bertz CT molecular complexity index is 2190. The van der Waals surface area contributed by atoms with Crippen LogP contribution in [0.15, 0.2) is 140 Å². The second-order valence-electron chi connectivity index (χ2n) is 11.1. The first-order valence-electron chi connectivity index (χ1n) is 15.2. The molecule has 2 N–H and O–H groups in total. The highest BCUT2D eigenvalue weighted by Gasteiger charge is 2.18. The van der Waals surface area contributed by atoms with Gasteiger partial charge in [0.2, 0.25) is 0 Å². The molecule has 3 heteroatoms. The van der Waals surface area contributed by atoms with Crippen LogP contribution in [0, 0.1) is 0 Å². The summed E-state index contributed by atoms with van der Waals surface area (Å²) in [5.74, 6) is 0.712. The van der Waals surface area contributed by atoms with Crippen molar-refractivity contribution in [3.63, 3.8) is 0 Å². The first-order chi connectivity index (χ1) is 21.7. The lowest BCUT2D eigenvalue weighted by atomic mass is 10.0. The minimum atomic E-state index is 0.712. The number of hydrogen-bond donors (Lipinski definition) is 1. The monoisotopic (exact) mass is 569 g/mol. The third-order valence-electron chi connectivity index (χ3n) is 8.40. The Balaban J connectivity index is 1.40. The Hall–Kier alpha value is -5.54. The molecule has 44 heavy (non-hydrogen) atoms. The van der Waals surface area contributed by atoms with Gasteiger partial charge in [-0.2, -0.15) is 0 Å². The SMILES string of the molecule is C=C/C=C(\C=Cc1ccccc1)n1c(N)c(/C=C\CC)c2cc(-c3ccc4c5ccccc5n(C5=CC=CC5)c4c3)ccc21. The lowest BCUT2D eigenvalue weighted by molar-refractivity contribution is 1.16. The number of benzene rings is 4. The first-order valence-corrected chi connectivity index (χ1v) is 15.2. The molecular formula is C41H35N3. The molecule has 4 aromatic carbocycles. The Kier molecular flexibility index (Phi) is 7.21. The van der Waals surface area contributed by atoms with Crippen LogP contribution in [0.25, 0.3) is 67.4 Å². The maximum Gasteiger partial charge on any atom is 0.116 e. The molecule has 2 heterocycles. The molecule has 0 saturated heterocycles. The number of hydrogen-bond acceptors (Lipinski definition) is 1. The van der Waals surface area contributed by atoms with Crippen molar-refractivity contribution in [1.29, 1.82) is 0 Å². The first kappa shape index (κ1) is 27.3. The Morgan fingerprint density at radius 3 is 2.39 bits per heavy atom. The van der Waals surface area contributed by atoms with Gasteiger partial charge in [-0.15, -0.1) is 0 Å². The molecule has 0 fully saturated rings. The van der Waals surface area contributed by atoms with Crippen molar-refractivity contribution >= 4 is 62.1 Å². The van der Waals surface area contributed by atoms with Crippen molar-refractivity contribution < 1.29 is 0 Å². The quantitative estimate of drug-likeness (QED) is 0.182. The van der Waals surface area contributed by atoms with E-state index in [4.69, 9.17) is 5.73 Å². The molecule has 0 bridgehead atoms. The minimum absolute atomic E-state index is 0.712. The van der Waals surface area contributed by atoms with Gasteiger partial charge >= 0.3 is 0 Å². The summed E-state index contributed by atoms with van der Waals surface area (Å²) in [5, 5.41) is 3.67. The van der Waals surface area contributed by atoms with Crippen molar-refractivity contribution in [3.05, 3.63) is 151 Å². The molecule has 1 aliphatic carbocycles. The summed E-state index contributed by atoms with van der Waals surface area (Å²) in [4.78, 5) is 0. The Labute approximate surface area is 258 Å². The zero-order valence-corrected chi connectivity index (χ0v) is 24.9. The average molecular weight is 570 g/mol. The molecule has 1 aliphatic rings. The normalized spacial score (nSPS) is 13.8. The van der Waals surface area contributed by atoms with Crippen molar-refractivity contribution in [2.45, 2.75) is 19.8 Å².